The maximum Gasteiger partial charge on any atom is 0.243 e. The fourth-order valence-electron chi connectivity index (χ4n) is 4.08. The molecular weight excluding hydrogens is 509 g/mol. The Balaban J connectivity index is 2.27. The molecular formula is C28H40FN3O5S. The van der Waals surface area contributed by atoms with E-state index in [1.54, 1.807) is 36.4 Å². The van der Waals surface area contributed by atoms with Crippen LogP contribution in [0.2, 0.25) is 0 Å². The Morgan fingerprint density at radius 3 is 2.24 bits per heavy atom. The molecule has 1 atom stereocenters. The number of rotatable bonds is 13. The number of anilines is 1. The molecule has 8 nitrogen and oxygen atoms in total. The molecule has 2 aromatic carbocycles. The summed E-state index contributed by atoms with van der Waals surface area (Å²) in [6, 6.07) is 11.9. The molecule has 0 saturated heterocycles. The molecule has 0 aliphatic carbocycles. The van der Waals surface area contributed by atoms with Gasteiger partial charge in [0.25, 0.3) is 0 Å². The predicted molar refractivity (Wildman–Crippen MR) is 148 cm³/mol. The van der Waals surface area contributed by atoms with Gasteiger partial charge >= 0.3 is 0 Å². The van der Waals surface area contributed by atoms with Crippen LogP contribution in [0, 0.1) is 5.82 Å². The Morgan fingerprint density at radius 2 is 1.68 bits per heavy atom. The number of benzene rings is 2. The highest BCUT2D eigenvalue weighted by Gasteiger charge is 2.31. The van der Waals surface area contributed by atoms with E-state index in [-0.39, 0.29) is 37.7 Å². The van der Waals surface area contributed by atoms with E-state index in [1.807, 2.05) is 34.6 Å². The van der Waals surface area contributed by atoms with Crippen molar-refractivity contribution in [3.05, 3.63) is 59.9 Å². The Bertz CT molecular complexity index is 1180. The third kappa shape index (κ3) is 9.31. The molecule has 1 N–H and O–H groups in total. The van der Waals surface area contributed by atoms with Crippen molar-refractivity contribution in [1.82, 2.24) is 10.2 Å². The Hall–Kier alpha value is -3.14. The van der Waals surface area contributed by atoms with Crippen LogP contribution in [0.25, 0.3) is 0 Å². The zero-order chi connectivity index (χ0) is 28.5. The lowest BCUT2D eigenvalue weighted by molar-refractivity contribution is -0.142. The highest BCUT2D eigenvalue weighted by Crippen LogP contribution is 2.30. The van der Waals surface area contributed by atoms with Crippen LogP contribution in [-0.2, 0) is 26.2 Å². The Kier molecular flexibility index (Phi) is 11.1. The van der Waals surface area contributed by atoms with Gasteiger partial charge in [0.05, 0.1) is 18.6 Å². The molecule has 210 valence electrons. The molecule has 0 unspecified atom stereocenters. The first-order valence-corrected chi connectivity index (χ1v) is 14.7. The van der Waals surface area contributed by atoms with Gasteiger partial charge in [-0.25, -0.2) is 12.8 Å². The summed E-state index contributed by atoms with van der Waals surface area (Å²) in [7, 11) is -3.66. The van der Waals surface area contributed by atoms with Crippen LogP contribution in [-0.4, -0.2) is 56.1 Å². The highest BCUT2D eigenvalue weighted by molar-refractivity contribution is 7.92. The quantitative estimate of drug-likeness (QED) is 0.397. The van der Waals surface area contributed by atoms with Crippen LogP contribution < -0.4 is 14.4 Å². The molecule has 0 saturated carbocycles. The molecule has 2 amide bonds. The minimum atomic E-state index is -3.66. The highest BCUT2D eigenvalue weighted by atomic mass is 32.2. The number of sulfonamides is 1. The summed E-state index contributed by atoms with van der Waals surface area (Å²) < 4.78 is 45.6. The van der Waals surface area contributed by atoms with E-state index in [0.717, 1.165) is 6.26 Å². The van der Waals surface area contributed by atoms with E-state index in [2.05, 4.69) is 5.32 Å². The largest absolute Gasteiger partial charge is 0.492 e. The molecule has 0 radical (unpaired) electrons. The van der Waals surface area contributed by atoms with E-state index < -0.39 is 27.4 Å². The monoisotopic (exact) mass is 549 g/mol. The van der Waals surface area contributed by atoms with Crippen molar-refractivity contribution in [3.63, 3.8) is 0 Å². The van der Waals surface area contributed by atoms with Crippen LogP contribution in [0.3, 0.4) is 0 Å². The summed E-state index contributed by atoms with van der Waals surface area (Å²) in [6.45, 7) is 9.79. The van der Waals surface area contributed by atoms with Crippen molar-refractivity contribution in [3.8, 4) is 5.75 Å². The third-order valence-electron chi connectivity index (χ3n) is 5.74. The lowest BCUT2D eigenvalue weighted by Crippen LogP contribution is -2.53. The van der Waals surface area contributed by atoms with Gasteiger partial charge in [0, 0.05) is 25.0 Å². The second kappa shape index (κ2) is 13.6. The van der Waals surface area contributed by atoms with Gasteiger partial charge in [-0.15, -0.1) is 0 Å². The maximum atomic E-state index is 13.5. The minimum absolute atomic E-state index is 0.0172. The minimum Gasteiger partial charge on any atom is -0.492 e. The number of ether oxygens (including phenoxy) is 1. The molecule has 0 aliphatic heterocycles. The number of nitrogens with zero attached hydrogens (tertiary/aromatic N) is 2. The topological polar surface area (TPSA) is 96.0 Å². The average molecular weight is 550 g/mol. The second-order valence-corrected chi connectivity index (χ2v) is 12.1. The summed E-state index contributed by atoms with van der Waals surface area (Å²) in [5, 5.41) is 2.94. The lowest BCUT2D eigenvalue weighted by atomic mass is 10.0. The fraction of sp³-hybridized carbons (Fsp3) is 0.500. The van der Waals surface area contributed by atoms with Crippen LogP contribution in [0.4, 0.5) is 10.1 Å². The number of para-hydroxylation sites is 2. The summed E-state index contributed by atoms with van der Waals surface area (Å²) in [5.74, 6) is -0.525. The van der Waals surface area contributed by atoms with Crippen LogP contribution in [0.1, 0.15) is 59.4 Å². The van der Waals surface area contributed by atoms with Gasteiger partial charge in [-0.05, 0) is 70.4 Å². The number of hydrogen-bond acceptors (Lipinski definition) is 5. The summed E-state index contributed by atoms with van der Waals surface area (Å²) in [4.78, 5) is 28.1. The van der Waals surface area contributed by atoms with E-state index in [0.29, 0.717) is 30.0 Å². The normalized spacial score (nSPS) is 12.5. The molecule has 38 heavy (non-hydrogen) atoms. The van der Waals surface area contributed by atoms with Crippen molar-refractivity contribution in [1.29, 1.82) is 0 Å². The van der Waals surface area contributed by atoms with Gasteiger partial charge in [0.15, 0.2) is 0 Å². The number of halogens is 1. The molecule has 2 rings (SSSR count). The standard InChI is InChI=1S/C28H40FN3O5S/c1-7-23(27(34)30-28(3,4)5)31(20-21-15-17-22(29)18-16-21)26(33)14-11-19-32(38(6,35)36)24-12-9-10-13-25(24)37-8-2/h9-10,12-13,15-18,23H,7-8,11,14,19-20H2,1-6H3,(H,30,34)/t23-/m1/s1. The van der Waals surface area contributed by atoms with Gasteiger partial charge < -0.3 is 15.0 Å². The molecule has 0 aromatic heterocycles. The number of carbonyl (C=O) groups is 2. The number of carbonyl (C=O) groups excluding carboxylic acids is 2. The van der Waals surface area contributed by atoms with Gasteiger partial charge in [0.1, 0.15) is 17.6 Å². The molecule has 2 aromatic rings. The Labute approximate surface area is 226 Å². The van der Waals surface area contributed by atoms with Crippen molar-refractivity contribution in [2.45, 2.75) is 72.0 Å². The summed E-state index contributed by atoms with van der Waals surface area (Å²) in [5.41, 5.74) is 0.604. The van der Waals surface area contributed by atoms with Gasteiger partial charge in [-0.3, -0.25) is 13.9 Å². The van der Waals surface area contributed by atoms with Crippen molar-refractivity contribution in [2.24, 2.45) is 0 Å². The third-order valence-corrected chi connectivity index (χ3v) is 6.92. The molecule has 0 heterocycles. The van der Waals surface area contributed by atoms with Crippen molar-refractivity contribution < 1.29 is 27.1 Å². The van der Waals surface area contributed by atoms with E-state index in [9.17, 15) is 22.4 Å². The maximum absolute atomic E-state index is 13.5. The second-order valence-electron chi connectivity index (χ2n) is 10.2. The first kappa shape index (κ1) is 31.1. The van der Waals surface area contributed by atoms with Crippen LogP contribution >= 0.6 is 0 Å². The number of amides is 2. The zero-order valence-corrected chi connectivity index (χ0v) is 24.0. The molecule has 0 aliphatic rings. The van der Waals surface area contributed by atoms with Gasteiger partial charge in [-0.1, -0.05) is 31.2 Å². The molecule has 0 spiro atoms. The van der Waals surface area contributed by atoms with E-state index in [1.165, 1.54) is 21.3 Å². The fourth-order valence-corrected chi connectivity index (χ4v) is 5.05. The van der Waals surface area contributed by atoms with E-state index >= 15 is 0 Å². The average Bonchev–Trinajstić information content (AvgIpc) is 2.82. The first-order valence-electron chi connectivity index (χ1n) is 12.8. The van der Waals surface area contributed by atoms with Gasteiger partial charge in [-0.2, -0.15) is 0 Å². The SMILES string of the molecule is CCOc1ccccc1N(CCCC(=O)N(Cc1ccc(F)cc1)[C@H](CC)C(=O)NC(C)(C)C)S(C)(=O)=O. The molecule has 0 fully saturated rings. The first-order chi connectivity index (χ1) is 17.8. The van der Waals surface area contributed by atoms with Gasteiger partial charge in [0.2, 0.25) is 21.8 Å². The lowest BCUT2D eigenvalue weighted by Gasteiger charge is -2.33. The summed E-state index contributed by atoms with van der Waals surface area (Å²) in [6.07, 6.45) is 1.74. The smallest absolute Gasteiger partial charge is 0.243 e. The number of hydrogen-bond donors (Lipinski definition) is 1. The summed E-state index contributed by atoms with van der Waals surface area (Å²) >= 11 is 0. The zero-order valence-electron chi connectivity index (χ0n) is 23.2. The van der Waals surface area contributed by atoms with Crippen molar-refractivity contribution in [2.75, 3.05) is 23.7 Å². The Morgan fingerprint density at radius 1 is 1.05 bits per heavy atom. The van der Waals surface area contributed by atoms with Crippen LogP contribution in [0.5, 0.6) is 5.75 Å². The van der Waals surface area contributed by atoms with Crippen molar-refractivity contribution >= 4 is 27.5 Å². The van der Waals surface area contributed by atoms with E-state index in [4.69, 9.17) is 4.74 Å². The predicted octanol–water partition coefficient (Wildman–Crippen LogP) is 4.49. The molecule has 0 bridgehead atoms. The molecule has 10 heteroatoms. The number of nitrogens with one attached hydrogen (secondary N) is 1. The van der Waals surface area contributed by atoms with Crippen LogP contribution in [0.15, 0.2) is 48.5 Å².